The third-order valence-corrected chi connectivity index (χ3v) is 3.90. The molecule has 1 atom stereocenters. The molecule has 118 valence electrons. The van der Waals surface area contributed by atoms with Crippen LogP contribution in [0.5, 0.6) is 0 Å². The predicted molar refractivity (Wildman–Crippen MR) is 80.9 cm³/mol. The molecule has 7 heteroatoms. The van der Waals surface area contributed by atoms with Gasteiger partial charge in [0.15, 0.2) is 6.20 Å². The number of hydrogen-bond donors (Lipinski definition) is 1. The van der Waals surface area contributed by atoms with Crippen molar-refractivity contribution in [2.75, 3.05) is 13.7 Å². The van der Waals surface area contributed by atoms with E-state index in [-0.39, 0.29) is 12.0 Å². The highest BCUT2D eigenvalue weighted by atomic mass is 32.1. The molecule has 1 aliphatic rings. The zero-order valence-corrected chi connectivity index (χ0v) is 13.9. The molecule has 6 nitrogen and oxygen atoms in total. The largest absolute Gasteiger partial charge is 0.464 e. The monoisotopic (exact) mass is 314 g/mol. The van der Waals surface area contributed by atoms with Crippen LogP contribution >= 0.6 is 11.3 Å². The van der Waals surface area contributed by atoms with Crippen molar-refractivity contribution in [3.63, 3.8) is 0 Å². The number of nitrogens with one attached hydrogen (secondary N) is 1. The minimum absolute atomic E-state index is 0.250. The van der Waals surface area contributed by atoms with E-state index in [0.29, 0.717) is 19.6 Å². The van der Waals surface area contributed by atoms with Crippen LogP contribution in [0.15, 0.2) is 11.7 Å². The summed E-state index contributed by atoms with van der Waals surface area (Å²) in [6.45, 7) is 7.90. The summed E-state index contributed by atoms with van der Waals surface area (Å²) in [5.74, 6) is -0.346. The van der Waals surface area contributed by atoms with Gasteiger partial charge in [-0.15, -0.1) is 0 Å². The van der Waals surface area contributed by atoms with Crippen LogP contribution in [0, 0.1) is 0 Å². The van der Waals surface area contributed by atoms with Crippen molar-refractivity contribution in [3.05, 3.63) is 16.6 Å². The Balaban J connectivity index is 0.00000106. The van der Waals surface area contributed by atoms with Crippen LogP contribution in [0.25, 0.3) is 0 Å². The molecule has 0 saturated carbocycles. The standard InChI is InChI=1S/C12H17N3O3S.C2H6/c1-3-15-7-9(19-8-15)6-14(2)12(17)13-10-4-5-18-11(10)16;1-2/h7-8,10H,3-6H2,1-2H3;1-2H3/p+1. The lowest BCUT2D eigenvalue weighted by molar-refractivity contribution is -0.689. The molecule has 2 amide bonds. The normalized spacial score (nSPS) is 16.8. The first-order valence-corrected chi connectivity index (χ1v) is 8.13. The Morgan fingerprint density at radius 2 is 2.29 bits per heavy atom. The molecule has 1 aliphatic heterocycles. The van der Waals surface area contributed by atoms with Crippen LogP contribution in [0.4, 0.5) is 4.79 Å². The average molecular weight is 314 g/mol. The Bertz CT molecular complexity index is 476. The van der Waals surface area contributed by atoms with Gasteiger partial charge in [-0.1, -0.05) is 25.2 Å². The minimum atomic E-state index is -0.501. The maximum atomic E-state index is 11.9. The topological polar surface area (TPSA) is 62.5 Å². The molecule has 2 heterocycles. The molecule has 0 aromatic carbocycles. The van der Waals surface area contributed by atoms with Crippen molar-refractivity contribution in [1.29, 1.82) is 0 Å². The van der Waals surface area contributed by atoms with Crippen LogP contribution in [0.2, 0.25) is 0 Å². The van der Waals surface area contributed by atoms with Crippen LogP contribution in [0.1, 0.15) is 32.1 Å². The lowest BCUT2D eigenvalue weighted by atomic mass is 10.2. The van der Waals surface area contributed by atoms with Crippen LogP contribution in [-0.4, -0.2) is 36.6 Å². The number of thiazole rings is 1. The van der Waals surface area contributed by atoms with E-state index in [1.54, 1.807) is 23.3 Å². The Morgan fingerprint density at radius 1 is 1.57 bits per heavy atom. The van der Waals surface area contributed by atoms with Crippen LogP contribution < -0.4 is 9.88 Å². The summed E-state index contributed by atoms with van der Waals surface area (Å²) in [5.41, 5.74) is 2.02. The first-order valence-electron chi connectivity index (χ1n) is 7.25. The summed E-state index contributed by atoms with van der Waals surface area (Å²) in [4.78, 5) is 25.9. The maximum absolute atomic E-state index is 11.9. The summed E-state index contributed by atoms with van der Waals surface area (Å²) in [5, 5.41) is 2.68. The third-order valence-electron chi connectivity index (χ3n) is 2.99. The van der Waals surface area contributed by atoms with Gasteiger partial charge in [0.25, 0.3) is 0 Å². The number of rotatable bonds is 4. The van der Waals surface area contributed by atoms with E-state index < -0.39 is 6.04 Å². The van der Waals surface area contributed by atoms with E-state index >= 15 is 0 Å². The number of cyclic esters (lactones) is 1. The summed E-state index contributed by atoms with van der Waals surface area (Å²) in [7, 11) is 1.71. The molecule has 1 aromatic heterocycles. The van der Waals surface area contributed by atoms with E-state index in [2.05, 4.69) is 16.8 Å². The lowest BCUT2D eigenvalue weighted by Gasteiger charge is -2.18. The molecular formula is C14H24N3O3S+. The molecule has 1 saturated heterocycles. The smallest absolute Gasteiger partial charge is 0.328 e. The molecule has 1 fully saturated rings. The van der Waals surface area contributed by atoms with Gasteiger partial charge in [-0.25, -0.2) is 9.59 Å². The zero-order valence-electron chi connectivity index (χ0n) is 13.1. The first kappa shape index (κ1) is 17.4. The van der Waals surface area contributed by atoms with Crippen molar-refractivity contribution in [2.24, 2.45) is 0 Å². The number of nitrogens with zero attached hydrogens (tertiary/aromatic N) is 2. The Morgan fingerprint density at radius 3 is 2.81 bits per heavy atom. The van der Waals surface area contributed by atoms with Crippen molar-refractivity contribution in [1.82, 2.24) is 10.2 Å². The first-order chi connectivity index (χ1) is 10.1. The van der Waals surface area contributed by atoms with Gasteiger partial charge in [-0.2, -0.15) is 4.57 Å². The van der Waals surface area contributed by atoms with Crippen molar-refractivity contribution < 1.29 is 18.9 Å². The van der Waals surface area contributed by atoms with Gasteiger partial charge in [0.2, 0.25) is 5.51 Å². The Hall–Kier alpha value is -1.63. The quantitative estimate of drug-likeness (QED) is 0.677. The number of carbonyl (C=O) groups is 2. The van der Waals surface area contributed by atoms with Gasteiger partial charge in [0.05, 0.1) is 18.0 Å². The molecular weight excluding hydrogens is 290 g/mol. The lowest BCUT2D eigenvalue weighted by Crippen LogP contribution is -2.44. The number of amides is 2. The summed E-state index contributed by atoms with van der Waals surface area (Å²) in [6.07, 6.45) is 2.57. The second-order valence-corrected chi connectivity index (χ2v) is 5.43. The van der Waals surface area contributed by atoms with E-state index in [1.807, 2.05) is 25.6 Å². The molecule has 0 aliphatic carbocycles. The number of aryl methyl sites for hydroxylation is 1. The van der Waals surface area contributed by atoms with Crippen molar-refractivity contribution in [2.45, 2.75) is 46.3 Å². The molecule has 0 radical (unpaired) electrons. The fraction of sp³-hybridized carbons (Fsp3) is 0.643. The molecule has 1 aromatic rings. The van der Waals surface area contributed by atoms with Crippen LogP contribution in [0.3, 0.4) is 0 Å². The van der Waals surface area contributed by atoms with Gasteiger partial charge in [-0.3, -0.25) is 0 Å². The molecule has 0 spiro atoms. The van der Waals surface area contributed by atoms with Crippen molar-refractivity contribution >= 4 is 23.3 Å². The number of urea groups is 1. The summed E-state index contributed by atoms with van der Waals surface area (Å²) < 4.78 is 6.88. The van der Waals surface area contributed by atoms with Crippen LogP contribution in [-0.2, 0) is 22.6 Å². The van der Waals surface area contributed by atoms with Crippen molar-refractivity contribution in [3.8, 4) is 0 Å². The minimum Gasteiger partial charge on any atom is -0.464 e. The Labute approximate surface area is 129 Å². The van der Waals surface area contributed by atoms with E-state index in [1.165, 1.54) is 0 Å². The molecule has 2 rings (SSSR count). The highest BCUT2D eigenvalue weighted by Crippen LogP contribution is 2.09. The van der Waals surface area contributed by atoms with Gasteiger partial charge >= 0.3 is 12.0 Å². The van der Waals surface area contributed by atoms with Gasteiger partial charge in [-0.05, 0) is 6.92 Å². The summed E-state index contributed by atoms with van der Waals surface area (Å²) >= 11 is 1.61. The van der Waals surface area contributed by atoms with Gasteiger partial charge < -0.3 is 15.0 Å². The number of ether oxygens (including phenoxy) is 1. The SMILES string of the molecule is CC.CC[n+]1csc(CN(C)C(=O)NC2CCOC2=O)c1. The highest BCUT2D eigenvalue weighted by molar-refractivity contribution is 7.09. The van der Waals surface area contributed by atoms with Gasteiger partial charge in [0.1, 0.15) is 12.6 Å². The number of carbonyl (C=O) groups excluding carboxylic acids is 2. The number of aromatic nitrogens is 1. The second kappa shape index (κ2) is 8.61. The average Bonchev–Trinajstić information content (AvgIpc) is 3.10. The zero-order chi connectivity index (χ0) is 15.8. The maximum Gasteiger partial charge on any atom is 0.328 e. The molecule has 1 N–H and O–H groups in total. The van der Waals surface area contributed by atoms with E-state index in [0.717, 1.165) is 11.4 Å². The molecule has 1 unspecified atom stereocenters. The Kier molecular flexibility index (Phi) is 7.14. The predicted octanol–water partition coefficient (Wildman–Crippen LogP) is 1.54. The number of hydrogen-bond acceptors (Lipinski definition) is 4. The summed E-state index contributed by atoms with van der Waals surface area (Å²) in [6, 6.07) is -0.751. The van der Waals surface area contributed by atoms with Gasteiger partial charge in [0, 0.05) is 13.5 Å². The fourth-order valence-corrected chi connectivity index (χ4v) is 2.76. The molecule has 21 heavy (non-hydrogen) atoms. The molecule has 0 bridgehead atoms. The number of esters is 1. The second-order valence-electron chi connectivity index (χ2n) is 4.46. The highest BCUT2D eigenvalue weighted by Gasteiger charge is 2.29. The third kappa shape index (κ3) is 5.00. The van der Waals surface area contributed by atoms with E-state index in [4.69, 9.17) is 4.74 Å². The fourth-order valence-electron chi connectivity index (χ4n) is 1.82. The van der Waals surface area contributed by atoms with E-state index in [9.17, 15) is 9.59 Å².